The molecule has 0 spiro atoms. The second kappa shape index (κ2) is 6.76. The molecule has 6 heteroatoms. The van der Waals surface area contributed by atoms with E-state index in [-0.39, 0.29) is 11.8 Å². The molecule has 0 aliphatic rings. The molecule has 2 amide bonds. The normalized spacial score (nSPS) is 10.7. The first-order valence-electron chi connectivity index (χ1n) is 8.14. The van der Waals surface area contributed by atoms with Gasteiger partial charge in [-0.15, -0.1) is 0 Å². The van der Waals surface area contributed by atoms with Gasteiger partial charge in [-0.1, -0.05) is 13.0 Å². The summed E-state index contributed by atoms with van der Waals surface area (Å²) in [5, 5.41) is 5.55. The highest BCUT2D eigenvalue weighted by Gasteiger charge is 2.11. The Kier molecular flexibility index (Phi) is 4.52. The summed E-state index contributed by atoms with van der Waals surface area (Å²) in [6.07, 6.45) is 2.65. The van der Waals surface area contributed by atoms with Gasteiger partial charge < -0.3 is 15.0 Å². The van der Waals surface area contributed by atoms with E-state index < -0.39 is 0 Å². The largest absolute Gasteiger partial charge is 0.326 e. The van der Waals surface area contributed by atoms with Gasteiger partial charge in [0.25, 0.3) is 5.91 Å². The van der Waals surface area contributed by atoms with Crippen molar-refractivity contribution in [3.63, 3.8) is 0 Å². The van der Waals surface area contributed by atoms with Crippen LogP contribution >= 0.6 is 0 Å². The Hall–Kier alpha value is -3.15. The third kappa shape index (κ3) is 3.52. The van der Waals surface area contributed by atoms with Crippen LogP contribution in [0, 0.1) is 6.92 Å². The second-order valence-corrected chi connectivity index (χ2v) is 5.86. The van der Waals surface area contributed by atoms with Crippen LogP contribution in [0.2, 0.25) is 0 Å². The van der Waals surface area contributed by atoms with Gasteiger partial charge in [-0.2, -0.15) is 0 Å². The van der Waals surface area contributed by atoms with Crippen molar-refractivity contribution in [3.05, 3.63) is 59.5 Å². The minimum Gasteiger partial charge on any atom is -0.326 e. The van der Waals surface area contributed by atoms with E-state index in [1.807, 2.05) is 17.4 Å². The number of carbonyl (C=O) groups excluding carboxylic acids is 2. The number of hydrogen-bond donors (Lipinski definition) is 2. The fourth-order valence-corrected chi connectivity index (χ4v) is 2.76. The molecule has 0 atom stereocenters. The van der Waals surface area contributed by atoms with Crippen molar-refractivity contribution >= 4 is 28.8 Å². The zero-order chi connectivity index (χ0) is 18.0. The lowest BCUT2D eigenvalue weighted by molar-refractivity contribution is -0.114. The highest BCUT2D eigenvalue weighted by molar-refractivity contribution is 6.04. The third-order valence-electron chi connectivity index (χ3n) is 3.99. The highest BCUT2D eigenvalue weighted by Crippen LogP contribution is 2.18. The number of amides is 2. The quantitative estimate of drug-likeness (QED) is 0.766. The SMILES string of the molecule is CCc1nc2ccc(C(=O)Nc3cccc(NC(C)=O)c3)cn2c1C. The van der Waals surface area contributed by atoms with Gasteiger partial charge in [-0.25, -0.2) is 4.98 Å². The lowest BCUT2D eigenvalue weighted by atomic mass is 10.2. The maximum atomic E-state index is 12.5. The number of rotatable bonds is 4. The summed E-state index contributed by atoms with van der Waals surface area (Å²) in [4.78, 5) is 28.2. The van der Waals surface area contributed by atoms with Crippen LogP contribution in [0.5, 0.6) is 0 Å². The van der Waals surface area contributed by atoms with E-state index in [0.29, 0.717) is 16.9 Å². The summed E-state index contributed by atoms with van der Waals surface area (Å²) in [6, 6.07) is 10.6. The van der Waals surface area contributed by atoms with Crippen molar-refractivity contribution in [2.24, 2.45) is 0 Å². The summed E-state index contributed by atoms with van der Waals surface area (Å²) in [5.74, 6) is -0.371. The molecule has 0 aliphatic heterocycles. The van der Waals surface area contributed by atoms with Crippen LogP contribution in [0.15, 0.2) is 42.6 Å². The van der Waals surface area contributed by atoms with Crippen LogP contribution in [0.4, 0.5) is 11.4 Å². The van der Waals surface area contributed by atoms with Gasteiger partial charge in [0.1, 0.15) is 5.65 Å². The molecule has 3 rings (SSSR count). The summed E-state index contributed by atoms with van der Waals surface area (Å²) >= 11 is 0. The average molecular weight is 336 g/mol. The standard InChI is InChI=1S/C19H20N4O2/c1-4-17-12(2)23-11-14(8-9-18(23)22-17)19(25)21-16-7-5-6-15(10-16)20-13(3)24/h5-11H,4H2,1-3H3,(H,20,24)(H,21,25). The van der Waals surface area contributed by atoms with Crippen molar-refractivity contribution in [2.45, 2.75) is 27.2 Å². The number of benzene rings is 1. The Morgan fingerprint density at radius 2 is 1.84 bits per heavy atom. The van der Waals surface area contributed by atoms with Crippen LogP contribution in [0.3, 0.4) is 0 Å². The van der Waals surface area contributed by atoms with Crippen LogP contribution in [0.1, 0.15) is 35.6 Å². The van der Waals surface area contributed by atoms with Crippen LogP contribution in [-0.4, -0.2) is 21.2 Å². The molecular weight excluding hydrogens is 316 g/mol. The number of carbonyl (C=O) groups is 2. The van der Waals surface area contributed by atoms with Crippen molar-refractivity contribution < 1.29 is 9.59 Å². The molecule has 0 aliphatic carbocycles. The lowest BCUT2D eigenvalue weighted by Gasteiger charge is -2.08. The second-order valence-electron chi connectivity index (χ2n) is 5.86. The third-order valence-corrected chi connectivity index (χ3v) is 3.99. The predicted octanol–water partition coefficient (Wildman–Crippen LogP) is 3.42. The van der Waals surface area contributed by atoms with Crippen molar-refractivity contribution in [2.75, 3.05) is 10.6 Å². The number of nitrogens with one attached hydrogen (secondary N) is 2. The van der Waals surface area contributed by atoms with E-state index in [4.69, 9.17) is 0 Å². The molecule has 2 aromatic heterocycles. The number of anilines is 2. The number of aromatic nitrogens is 2. The van der Waals surface area contributed by atoms with Gasteiger partial charge in [0.2, 0.25) is 5.91 Å². The van der Waals surface area contributed by atoms with Gasteiger partial charge in [0, 0.05) is 30.2 Å². The summed E-state index contributed by atoms with van der Waals surface area (Å²) in [6.45, 7) is 5.50. The Labute approximate surface area is 145 Å². The molecule has 3 aromatic rings. The first-order valence-corrected chi connectivity index (χ1v) is 8.14. The molecule has 2 heterocycles. The molecule has 6 nitrogen and oxygen atoms in total. The van der Waals surface area contributed by atoms with Gasteiger partial charge in [0.15, 0.2) is 0 Å². The van der Waals surface area contributed by atoms with Crippen molar-refractivity contribution in [1.29, 1.82) is 0 Å². The van der Waals surface area contributed by atoms with Gasteiger partial charge in [-0.05, 0) is 43.7 Å². The van der Waals surface area contributed by atoms with Crippen molar-refractivity contribution in [3.8, 4) is 0 Å². The molecule has 1 aromatic carbocycles. The highest BCUT2D eigenvalue weighted by atomic mass is 16.2. The van der Waals surface area contributed by atoms with Gasteiger partial charge in [-0.3, -0.25) is 9.59 Å². The number of fused-ring (bicyclic) bond motifs is 1. The monoisotopic (exact) mass is 336 g/mol. The van der Waals surface area contributed by atoms with Crippen molar-refractivity contribution in [1.82, 2.24) is 9.38 Å². The molecule has 0 saturated carbocycles. The molecule has 0 radical (unpaired) electrons. The van der Waals surface area contributed by atoms with E-state index in [1.54, 1.807) is 36.5 Å². The predicted molar refractivity (Wildman–Crippen MR) is 98.0 cm³/mol. The summed E-state index contributed by atoms with van der Waals surface area (Å²) in [7, 11) is 0. The fourth-order valence-electron chi connectivity index (χ4n) is 2.76. The number of pyridine rings is 1. The minimum atomic E-state index is -0.215. The van der Waals surface area contributed by atoms with Crippen LogP contribution in [0.25, 0.3) is 5.65 Å². The Morgan fingerprint density at radius 1 is 1.12 bits per heavy atom. The van der Waals surface area contributed by atoms with Gasteiger partial charge in [0.05, 0.1) is 11.3 Å². The van der Waals surface area contributed by atoms with E-state index in [2.05, 4.69) is 22.5 Å². The lowest BCUT2D eigenvalue weighted by Crippen LogP contribution is -2.13. The average Bonchev–Trinajstić information content (AvgIpc) is 2.90. The van der Waals surface area contributed by atoms with E-state index in [1.165, 1.54) is 6.92 Å². The molecule has 2 N–H and O–H groups in total. The Balaban J connectivity index is 1.85. The zero-order valence-electron chi connectivity index (χ0n) is 14.5. The zero-order valence-corrected chi connectivity index (χ0v) is 14.5. The Morgan fingerprint density at radius 3 is 2.52 bits per heavy atom. The van der Waals surface area contributed by atoms with E-state index in [9.17, 15) is 9.59 Å². The molecular formula is C19H20N4O2. The molecule has 25 heavy (non-hydrogen) atoms. The van der Waals surface area contributed by atoms with E-state index >= 15 is 0 Å². The summed E-state index contributed by atoms with van der Waals surface area (Å²) in [5.41, 5.74) is 4.70. The van der Waals surface area contributed by atoms with Crippen LogP contribution in [-0.2, 0) is 11.2 Å². The fraction of sp³-hybridized carbons (Fsp3) is 0.211. The number of hydrogen-bond acceptors (Lipinski definition) is 3. The first kappa shape index (κ1) is 16.7. The molecule has 128 valence electrons. The van der Waals surface area contributed by atoms with E-state index in [0.717, 1.165) is 23.5 Å². The molecule has 0 unspecified atom stereocenters. The number of imidazole rings is 1. The molecule has 0 saturated heterocycles. The molecule has 0 fully saturated rings. The summed E-state index contributed by atoms with van der Waals surface area (Å²) < 4.78 is 1.93. The topological polar surface area (TPSA) is 75.5 Å². The minimum absolute atomic E-state index is 0.156. The smallest absolute Gasteiger partial charge is 0.257 e. The number of aryl methyl sites for hydroxylation is 2. The maximum absolute atomic E-state index is 12.5. The Bertz CT molecular complexity index is 959. The van der Waals surface area contributed by atoms with Crippen LogP contribution < -0.4 is 10.6 Å². The number of nitrogens with zero attached hydrogens (tertiary/aromatic N) is 2. The van der Waals surface area contributed by atoms with Gasteiger partial charge >= 0.3 is 0 Å². The first-order chi connectivity index (χ1) is 12.0. The molecule has 0 bridgehead atoms. The maximum Gasteiger partial charge on any atom is 0.257 e.